The summed E-state index contributed by atoms with van der Waals surface area (Å²) < 4.78 is 0. The lowest BCUT2D eigenvalue weighted by Gasteiger charge is -1.92. The number of rotatable bonds is 2. The molecule has 0 aromatic carbocycles. The maximum atomic E-state index is 9.92. The van der Waals surface area contributed by atoms with Crippen LogP contribution in [0, 0.1) is 0 Å². The first-order chi connectivity index (χ1) is 4.34. The van der Waals surface area contributed by atoms with E-state index in [0.717, 1.165) is 0 Å². The lowest BCUT2D eigenvalue weighted by molar-refractivity contribution is 0.543. The SMILES string of the molecule is NC([C]=O)c1cscn1. The van der Waals surface area contributed by atoms with Gasteiger partial charge in [0, 0.05) is 5.38 Å². The van der Waals surface area contributed by atoms with Gasteiger partial charge < -0.3 is 5.73 Å². The summed E-state index contributed by atoms with van der Waals surface area (Å²) in [6.07, 6.45) is 1.64. The van der Waals surface area contributed by atoms with Crippen LogP contribution in [0.25, 0.3) is 0 Å². The van der Waals surface area contributed by atoms with Crippen LogP contribution in [0.3, 0.4) is 0 Å². The lowest BCUT2D eigenvalue weighted by atomic mass is 10.3. The van der Waals surface area contributed by atoms with Crippen molar-refractivity contribution in [2.75, 3.05) is 0 Å². The predicted octanol–water partition coefficient (Wildman–Crippen LogP) is 0.253. The standard InChI is InChI=1S/C5H5N2OS/c6-4(1-8)5-2-9-3-7-5/h2-4H,6H2. The number of hydrogen-bond donors (Lipinski definition) is 1. The van der Waals surface area contributed by atoms with Crippen LogP contribution < -0.4 is 5.73 Å². The first kappa shape index (κ1) is 6.38. The van der Waals surface area contributed by atoms with Gasteiger partial charge in [-0.15, -0.1) is 11.3 Å². The maximum absolute atomic E-state index is 9.92. The Labute approximate surface area is 56.5 Å². The zero-order valence-electron chi connectivity index (χ0n) is 4.57. The van der Waals surface area contributed by atoms with Crippen LogP contribution in [0.4, 0.5) is 0 Å². The van der Waals surface area contributed by atoms with Crippen LogP contribution in [-0.2, 0) is 4.79 Å². The molecule has 0 saturated carbocycles. The molecule has 0 fully saturated rings. The van der Waals surface area contributed by atoms with Crippen molar-refractivity contribution < 1.29 is 4.79 Å². The Balaban J connectivity index is 2.76. The van der Waals surface area contributed by atoms with E-state index >= 15 is 0 Å². The summed E-state index contributed by atoms with van der Waals surface area (Å²) in [6, 6.07) is -0.670. The molecule has 0 bridgehead atoms. The Hall–Kier alpha value is -0.740. The highest BCUT2D eigenvalue weighted by Crippen LogP contribution is 2.06. The summed E-state index contributed by atoms with van der Waals surface area (Å²) in [7, 11) is 0. The quantitative estimate of drug-likeness (QED) is 0.642. The average Bonchev–Trinajstić information content (AvgIpc) is 2.37. The van der Waals surface area contributed by atoms with E-state index in [9.17, 15) is 4.79 Å². The molecule has 1 aromatic heterocycles. The van der Waals surface area contributed by atoms with E-state index in [1.807, 2.05) is 0 Å². The first-order valence-electron chi connectivity index (χ1n) is 2.36. The normalized spacial score (nSPS) is 13.0. The number of nitrogens with zero attached hydrogens (tertiary/aromatic N) is 1. The predicted molar refractivity (Wildman–Crippen MR) is 34.7 cm³/mol. The fraction of sp³-hybridized carbons (Fsp3) is 0.200. The van der Waals surface area contributed by atoms with Gasteiger partial charge in [-0.2, -0.15) is 0 Å². The molecular weight excluding hydrogens is 136 g/mol. The van der Waals surface area contributed by atoms with Crippen molar-refractivity contribution >= 4 is 17.6 Å². The average molecular weight is 141 g/mol. The molecule has 2 N–H and O–H groups in total. The van der Waals surface area contributed by atoms with Crippen LogP contribution in [0.5, 0.6) is 0 Å². The molecule has 4 heteroatoms. The van der Waals surface area contributed by atoms with Crippen molar-refractivity contribution in [2.45, 2.75) is 6.04 Å². The van der Waals surface area contributed by atoms with Crippen LogP contribution in [0.1, 0.15) is 11.7 Å². The molecular formula is C5H5N2OS. The third-order valence-corrected chi connectivity index (χ3v) is 1.50. The lowest BCUT2D eigenvalue weighted by Crippen LogP contribution is -2.10. The van der Waals surface area contributed by atoms with Gasteiger partial charge in [0.05, 0.1) is 11.2 Å². The number of aromatic nitrogens is 1. The molecule has 1 heterocycles. The highest BCUT2D eigenvalue weighted by molar-refractivity contribution is 7.07. The molecule has 1 aromatic rings. The van der Waals surface area contributed by atoms with Gasteiger partial charge in [-0.05, 0) is 0 Å². The molecule has 0 amide bonds. The topological polar surface area (TPSA) is 56.0 Å². The van der Waals surface area contributed by atoms with Crippen molar-refractivity contribution in [2.24, 2.45) is 5.73 Å². The van der Waals surface area contributed by atoms with Crippen molar-refractivity contribution in [1.82, 2.24) is 4.98 Å². The first-order valence-corrected chi connectivity index (χ1v) is 3.30. The Morgan fingerprint density at radius 3 is 3.11 bits per heavy atom. The molecule has 1 atom stereocenters. The van der Waals surface area contributed by atoms with Gasteiger partial charge in [-0.3, -0.25) is 4.79 Å². The molecule has 0 spiro atoms. The molecule has 3 nitrogen and oxygen atoms in total. The van der Waals surface area contributed by atoms with Gasteiger partial charge in [0.25, 0.3) is 0 Å². The molecule has 0 aliphatic carbocycles. The second-order valence-corrected chi connectivity index (χ2v) is 2.23. The van der Waals surface area contributed by atoms with Crippen LogP contribution >= 0.6 is 11.3 Å². The number of carbonyl (C=O) groups excluding carboxylic acids is 1. The van der Waals surface area contributed by atoms with E-state index in [1.54, 1.807) is 17.2 Å². The molecule has 1 rings (SSSR count). The second kappa shape index (κ2) is 2.70. The number of nitrogens with two attached hydrogens (primary N) is 1. The summed E-state index contributed by atoms with van der Waals surface area (Å²) in [6.45, 7) is 0. The van der Waals surface area contributed by atoms with Gasteiger partial charge in [0.2, 0.25) is 6.29 Å². The Bertz CT molecular complexity index is 185. The highest BCUT2D eigenvalue weighted by atomic mass is 32.1. The minimum absolute atomic E-state index is 0.593. The zero-order chi connectivity index (χ0) is 6.69. The largest absolute Gasteiger partial charge is 0.316 e. The Kier molecular flexibility index (Phi) is 1.92. The minimum Gasteiger partial charge on any atom is -0.316 e. The second-order valence-electron chi connectivity index (χ2n) is 1.51. The summed E-state index contributed by atoms with van der Waals surface area (Å²) in [5.41, 5.74) is 7.48. The van der Waals surface area contributed by atoms with E-state index < -0.39 is 6.04 Å². The highest BCUT2D eigenvalue weighted by Gasteiger charge is 2.04. The monoisotopic (exact) mass is 141 g/mol. The smallest absolute Gasteiger partial charge is 0.223 e. The van der Waals surface area contributed by atoms with E-state index in [0.29, 0.717) is 5.69 Å². The van der Waals surface area contributed by atoms with Crippen molar-refractivity contribution in [3.8, 4) is 0 Å². The summed E-state index contributed by atoms with van der Waals surface area (Å²) in [5.74, 6) is 0. The van der Waals surface area contributed by atoms with Crippen LogP contribution in [-0.4, -0.2) is 11.3 Å². The third-order valence-electron chi connectivity index (χ3n) is 0.897. The van der Waals surface area contributed by atoms with E-state index in [2.05, 4.69) is 4.98 Å². The third kappa shape index (κ3) is 1.34. The van der Waals surface area contributed by atoms with Crippen molar-refractivity contribution in [3.05, 3.63) is 16.6 Å². The molecule has 0 saturated heterocycles. The van der Waals surface area contributed by atoms with Gasteiger partial charge >= 0.3 is 0 Å². The van der Waals surface area contributed by atoms with Crippen molar-refractivity contribution in [3.63, 3.8) is 0 Å². The van der Waals surface area contributed by atoms with Gasteiger partial charge in [-0.1, -0.05) is 0 Å². The fourth-order valence-electron chi connectivity index (χ4n) is 0.436. The van der Waals surface area contributed by atoms with Gasteiger partial charge in [0.15, 0.2) is 0 Å². The summed E-state index contributed by atoms with van der Waals surface area (Å²) in [4.78, 5) is 13.7. The molecule has 0 aliphatic rings. The molecule has 1 unspecified atom stereocenters. The minimum atomic E-state index is -0.670. The molecule has 9 heavy (non-hydrogen) atoms. The van der Waals surface area contributed by atoms with Gasteiger partial charge in [0.1, 0.15) is 6.04 Å². The fourth-order valence-corrected chi connectivity index (χ4v) is 1.03. The van der Waals surface area contributed by atoms with E-state index in [4.69, 9.17) is 5.73 Å². The summed E-state index contributed by atoms with van der Waals surface area (Å²) in [5, 5.41) is 1.73. The number of thiazole rings is 1. The number of hydrogen-bond acceptors (Lipinski definition) is 4. The Morgan fingerprint density at radius 1 is 1.89 bits per heavy atom. The van der Waals surface area contributed by atoms with Crippen LogP contribution in [0.2, 0.25) is 0 Å². The van der Waals surface area contributed by atoms with E-state index in [1.165, 1.54) is 11.3 Å². The Morgan fingerprint density at radius 2 is 2.67 bits per heavy atom. The zero-order valence-corrected chi connectivity index (χ0v) is 5.39. The molecule has 1 radical (unpaired) electrons. The van der Waals surface area contributed by atoms with Crippen LogP contribution in [0.15, 0.2) is 10.9 Å². The molecule has 47 valence electrons. The van der Waals surface area contributed by atoms with Gasteiger partial charge in [-0.25, -0.2) is 4.98 Å². The van der Waals surface area contributed by atoms with E-state index in [-0.39, 0.29) is 0 Å². The summed E-state index contributed by atoms with van der Waals surface area (Å²) >= 11 is 1.41. The maximum Gasteiger partial charge on any atom is 0.223 e. The van der Waals surface area contributed by atoms with Crippen molar-refractivity contribution in [1.29, 1.82) is 0 Å². The molecule has 0 aliphatic heterocycles.